The molecular formula is C41H56Cl2NORu-. The van der Waals surface area contributed by atoms with Gasteiger partial charge in [0.25, 0.3) is 0 Å². The summed E-state index contributed by atoms with van der Waals surface area (Å²) in [5, 5.41) is 0. The van der Waals surface area contributed by atoms with E-state index in [0.29, 0.717) is 17.3 Å². The minimum atomic E-state index is -1.89. The topological polar surface area (TPSA) is 12.5 Å². The molecule has 1 aliphatic heterocycles. The Labute approximate surface area is 293 Å². The molecule has 254 valence electrons. The molecule has 5 heteroatoms. The van der Waals surface area contributed by atoms with Gasteiger partial charge in [-0.2, -0.15) is 0 Å². The smallest absolute Gasteiger partial charge is 0.0145 e. The van der Waals surface area contributed by atoms with Crippen LogP contribution in [0.25, 0.3) is 11.1 Å². The van der Waals surface area contributed by atoms with Crippen molar-refractivity contribution in [3.05, 3.63) is 90.0 Å². The van der Waals surface area contributed by atoms with Crippen molar-refractivity contribution < 1.29 is 18.3 Å². The summed E-state index contributed by atoms with van der Waals surface area (Å²) in [6.45, 7) is 23.5. The number of anilines is 1. The van der Waals surface area contributed by atoms with Gasteiger partial charge < -0.3 is 4.90 Å². The molecule has 1 atom stereocenters. The third-order valence-corrected chi connectivity index (χ3v) is 11.5. The van der Waals surface area contributed by atoms with Crippen LogP contribution in [-0.2, 0) is 13.5 Å². The molecule has 1 heterocycles. The summed E-state index contributed by atoms with van der Waals surface area (Å²) in [5.74, 6) is 2.81. The van der Waals surface area contributed by atoms with Crippen LogP contribution in [-0.4, -0.2) is 16.3 Å². The predicted octanol–water partition coefficient (Wildman–Crippen LogP) is 12.9. The predicted molar refractivity (Wildman–Crippen MR) is 199 cm³/mol. The summed E-state index contributed by atoms with van der Waals surface area (Å²) < 4.78 is 7.93. The van der Waals surface area contributed by atoms with Gasteiger partial charge in [0.2, 0.25) is 0 Å². The number of hydrogen-bond acceptors (Lipinski definition) is 2. The summed E-state index contributed by atoms with van der Waals surface area (Å²) in [7, 11) is 12.0. The summed E-state index contributed by atoms with van der Waals surface area (Å²) in [5.41, 5.74) is 8.20. The molecule has 0 bridgehead atoms. The molecule has 0 aromatic heterocycles. The van der Waals surface area contributed by atoms with Gasteiger partial charge in [-0.1, -0.05) is 97.3 Å². The van der Waals surface area contributed by atoms with Crippen LogP contribution in [0.5, 0.6) is 5.75 Å². The first kappa shape index (κ1) is 37.2. The number of nitrogens with zero attached hydrogens (tertiary/aromatic N) is 1. The zero-order valence-corrected chi connectivity index (χ0v) is 32.8. The van der Waals surface area contributed by atoms with Gasteiger partial charge in [0.15, 0.2) is 0 Å². The van der Waals surface area contributed by atoms with E-state index in [2.05, 4.69) is 96.3 Å². The number of hydrogen-bond donors (Lipinski definition) is 0. The number of para-hydroxylation sites is 2. The van der Waals surface area contributed by atoms with E-state index < -0.39 is 13.5 Å². The molecule has 1 aliphatic carbocycles. The summed E-state index contributed by atoms with van der Waals surface area (Å²) in [4.78, 5) is 2.69. The molecule has 3 aromatic carbocycles. The molecule has 1 saturated carbocycles. The average Bonchev–Trinajstić information content (AvgIpc) is 3.27. The number of rotatable bonds is 8. The first-order chi connectivity index (χ1) is 21.7. The largest absolute Gasteiger partial charge is 0.517 e. The maximum atomic E-state index is 6.02. The van der Waals surface area contributed by atoms with Crippen molar-refractivity contribution in [1.82, 2.24) is 0 Å². The Morgan fingerprint density at radius 2 is 1.39 bits per heavy atom. The molecule has 0 radical (unpaired) electrons. The molecule has 2 aliphatic rings. The molecule has 2 nitrogen and oxygen atoms in total. The van der Waals surface area contributed by atoms with Crippen molar-refractivity contribution in [2.75, 3.05) is 4.90 Å². The van der Waals surface area contributed by atoms with Gasteiger partial charge in [0.1, 0.15) is 0 Å². The van der Waals surface area contributed by atoms with Gasteiger partial charge in [0.05, 0.1) is 0 Å². The molecular weight excluding hydrogens is 694 g/mol. The van der Waals surface area contributed by atoms with Gasteiger partial charge in [-0.15, -0.1) is 5.41 Å². The van der Waals surface area contributed by atoms with Crippen LogP contribution >= 0.6 is 19.4 Å². The van der Waals surface area contributed by atoms with Crippen molar-refractivity contribution in [1.29, 1.82) is 0 Å². The molecule has 5 rings (SSSR count). The molecule has 1 saturated heterocycles. The summed E-state index contributed by atoms with van der Waals surface area (Å²) >= 11 is -1.89. The van der Waals surface area contributed by atoms with Crippen LogP contribution in [0.2, 0.25) is 0 Å². The molecule has 46 heavy (non-hydrogen) atoms. The fourth-order valence-electron chi connectivity index (χ4n) is 7.63. The number of halogens is 2. The Morgan fingerprint density at radius 3 is 1.93 bits per heavy atom. The fraction of sp³-hybridized carbons (Fsp3) is 0.512. The van der Waals surface area contributed by atoms with Crippen molar-refractivity contribution in [3.63, 3.8) is 0 Å². The van der Waals surface area contributed by atoms with E-state index in [4.69, 9.17) is 24.1 Å². The van der Waals surface area contributed by atoms with Crippen LogP contribution in [0.1, 0.15) is 129 Å². The number of benzene rings is 3. The fourth-order valence-corrected chi connectivity index (χ4v) is 9.42. The van der Waals surface area contributed by atoms with Gasteiger partial charge in [-0.25, -0.2) is 6.54 Å². The van der Waals surface area contributed by atoms with Crippen LogP contribution < -0.4 is 9.64 Å². The zero-order valence-electron chi connectivity index (χ0n) is 29.5. The Hall–Kier alpha value is -1.67. The quantitative estimate of drug-likeness (QED) is 0.168. The molecule has 1 unspecified atom stereocenters. The SMILES string of the molecule is CC(C)Oc1c([CH]=[Ru]([Cl])[Cl])cccc1-c1ccccc1.CC(C)c1cccc(C(C)C)c1N1[CH-]C(C)(C2CCCCC2)CC1(C)C. The second-order valence-electron chi connectivity index (χ2n) is 15.0. The first-order valence-corrected chi connectivity index (χ1v) is 22.7. The molecule has 2 fully saturated rings. The molecule has 0 N–H and O–H groups in total. The molecule has 3 aromatic rings. The van der Waals surface area contributed by atoms with E-state index in [1.54, 1.807) is 0 Å². The third-order valence-electron chi connectivity index (χ3n) is 9.68. The van der Waals surface area contributed by atoms with E-state index in [1.165, 1.54) is 55.3 Å². The second-order valence-corrected chi connectivity index (χ2v) is 20.7. The number of ether oxygens (including phenoxy) is 1. The van der Waals surface area contributed by atoms with Crippen molar-refractivity contribution in [2.45, 2.75) is 124 Å². The summed E-state index contributed by atoms with van der Waals surface area (Å²) in [6, 6.07) is 23.2. The van der Waals surface area contributed by atoms with E-state index in [0.717, 1.165) is 28.4 Å². The second kappa shape index (κ2) is 16.2. The normalized spacial score (nSPS) is 20.1. The zero-order chi connectivity index (χ0) is 33.6. The Balaban J connectivity index is 0.000000216. The minimum absolute atomic E-state index is 0.0957. The van der Waals surface area contributed by atoms with Crippen LogP contribution in [0.15, 0.2) is 66.7 Å². The van der Waals surface area contributed by atoms with Crippen molar-refractivity contribution in [2.24, 2.45) is 11.3 Å². The third kappa shape index (κ3) is 9.06. The molecule has 0 amide bonds. The van der Waals surface area contributed by atoms with E-state index >= 15 is 0 Å². The Bertz CT molecular complexity index is 1430. The van der Waals surface area contributed by atoms with Crippen molar-refractivity contribution in [3.8, 4) is 16.9 Å². The van der Waals surface area contributed by atoms with Crippen LogP contribution in [0.4, 0.5) is 5.69 Å². The standard InChI is InChI=1S/C25H40N.C16H16O.2ClH.Ru/c1-18(2)21-14-11-15-22(19(3)4)23(21)26-17-25(7,16-24(26,5)6)20-12-9-8-10-13-20;1-12(2)17-16-13(3)8-7-11-15(16)14-9-5-4-6-10-14;;;/h11,14-15,17-20H,8-10,12-13,16H2,1-7H3;3-12H,1-2H3;2*1H;/q-1;;;;+2/p-2. The summed E-state index contributed by atoms with van der Waals surface area (Å²) in [6.07, 6.45) is 8.49. The van der Waals surface area contributed by atoms with Crippen LogP contribution in [0, 0.1) is 17.9 Å². The maximum Gasteiger partial charge on any atom is 0.0145 e. The average molecular weight is 751 g/mol. The first-order valence-electron chi connectivity index (χ1n) is 17.2. The Kier molecular flexibility index (Phi) is 13.0. The maximum absolute atomic E-state index is 6.02. The van der Waals surface area contributed by atoms with Gasteiger partial charge in [-0.3, -0.25) is 0 Å². The monoisotopic (exact) mass is 750 g/mol. The van der Waals surface area contributed by atoms with E-state index in [-0.39, 0.29) is 11.6 Å². The van der Waals surface area contributed by atoms with E-state index in [9.17, 15) is 0 Å². The van der Waals surface area contributed by atoms with Crippen molar-refractivity contribution >= 4 is 29.7 Å². The molecule has 0 spiro atoms. The van der Waals surface area contributed by atoms with Gasteiger partial charge in [0, 0.05) is 11.2 Å². The van der Waals surface area contributed by atoms with Gasteiger partial charge >= 0.3 is 133 Å². The van der Waals surface area contributed by atoms with Crippen LogP contribution in [0.3, 0.4) is 0 Å². The Morgan fingerprint density at radius 1 is 0.804 bits per heavy atom. The van der Waals surface area contributed by atoms with Gasteiger partial charge in [-0.05, 0) is 36.8 Å². The van der Waals surface area contributed by atoms with E-state index in [1.807, 2.05) is 48.8 Å². The minimum Gasteiger partial charge on any atom is -0.517 e.